The van der Waals surface area contributed by atoms with Crippen LogP contribution in [0.15, 0.2) is 12.0 Å². The molecular formula is C4H7NO3. The standard InChI is InChI=1S/C4H7NO3/c5-3(2-6)1-4(7)8/h2,6H,1,5H2,(H,7,8). The van der Waals surface area contributed by atoms with Crippen LogP contribution in [-0.2, 0) is 4.79 Å². The Morgan fingerprint density at radius 3 is 2.38 bits per heavy atom. The number of aliphatic carboxylic acids is 1. The van der Waals surface area contributed by atoms with Gasteiger partial charge in [0, 0.05) is 0 Å². The first-order valence-corrected chi connectivity index (χ1v) is 1.97. The van der Waals surface area contributed by atoms with Crippen molar-refractivity contribution in [3.8, 4) is 0 Å². The van der Waals surface area contributed by atoms with Gasteiger partial charge in [-0.2, -0.15) is 0 Å². The normalized spacial score (nSPS) is 11.2. The monoisotopic (exact) mass is 117 g/mol. The summed E-state index contributed by atoms with van der Waals surface area (Å²) in [6, 6.07) is 0. The Hall–Kier alpha value is -1.19. The first-order valence-electron chi connectivity index (χ1n) is 1.97. The number of carboxylic acid groups (broad SMARTS) is 1. The molecule has 4 nitrogen and oxygen atoms in total. The van der Waals surface area contributed by atoms with E-state index >= 15 is 0 Å². The van der Waals surface area contributed by atoms with Crippen LogP contribution >= 0.6 is 0 Å². The molecule has 4 N–H and O–H groups in total. The van der Waals surface area contributed by atoms with Crippen LogP contribution in [0.4, 0.5) is 0 Å². The van der Waals surface area contributed by atoms with Gasteiger partial charge in [-0.3, -0.25) is 4.79 Å². The second kappa shape index (κ2) is 2.90. The molecule has 0 spiro atoms. The number of nitrogens with two attached hydrogens (primary N) is 1. The molecule has 0 aliphatic rings. The van der Waals surface area contributed by atoms with Crippen molar-refractivity contribution < 1.29 is 15.0 Å². The summed E-state index contributed by atoms with van der Waals surface area (Å²) in [6.45, 7) is 0. The zero-order chi connectivity index (χ0) is 6.57. The number of hydrogen-bond acceptors (Lipinski definition) is 3. The summed E-state index contributed by atoms with van der Waals surface area (Å²) in [5.74, 6) is -1.05. The third kappa shape index (κ3) is 3.02. The molecule has 0 saturated carbocycles. The lowest BCUT2D eigenvalue weighted by molar-refractivity contribution is -0.136. The van der Waals surface area contributed by atoms with Gasteiger partial charge in [0.2, 0.25) is 0 Å². The van der Waals surface area contributed by atoms with Crippen LogP contribution in [-0.4, -0.2) is 16.2 Å². The minimum atomic E-state index is -1.05. The van der Waals surface area contributed by atoms with Crippen LogP contribution in [0.2, 0.25) is 0 Å². The molecule has 0 bridgehead atoms. The molecule has 46 valence electrons. The third-order valence-electron chi connectivity index (χ3n) is 0.521. The Morgan fingerprint density at radius 2 is 2.25 bits per heavy atom. The van der Waals surface area contributed by atoms with Crippen molar-refractivity contribution in [1.29, 1.82) is 0 Å². The molecule has 0 aromatic rings. The zero-order valence-corrected chi connectivity index (χ0v) is 4.16. The van der Waals surface area contributed by atoms with Crippen LogP contribution in [0, 0.1) is 0 Å². The molecule has 0 atom stereocenters. The number of carboxylic acids is 1. The molecule has 0 unspecified atom stereocenters. The predicted octanol–water partition coefficient (Wildman–Crippen LogP) is -0.181. The van der Waals surface area contributed by atoms with E-state index in [1.165, 1.54) is 0 Å². The summed E-state index contributed by atoms with van der Waals surface area (Å²) < 4.78 is 0. The number of aliphatic hydroxyl groups is 1. The Bertz CT molecular complexity index is 118. The molecular weight excluding hydrogens is 110 g/mol. The fraction of sp³-hybridized carbons (Fsp3) is 0.250. The minimum Gasteiger partial charge on any atom is -0.514 e. The summed E-state index contributed by atoms with van der Waals surface area (Å²) in [5, 5.41) is 16.0. The van der Waals surface area contributed by atoms with E-state index in [9.17, 15) is 4.79 Å². The quantitative estimate of drug-likeness (QED) is 0.438. The van der Waals surface area contributed by atoms with E-state index in [0.29, 0.717) is 6.26 Å². The lowest BCUT2D eigenvalue weighted by Gasteiger charge is -1.89. The van der Waals surface area contributed by atoms with Crippen molar-refractivity contribution >= 4 is 5.97 Å². The molecule has 8 heavy (non-hydrogen) atoms. The van der Waals surface area contributed by atoms with Crippen LogP contribution in [0.1, 0.15) is 6.42 Å². The number of rotatable bonds is 2. The molecule has 0 saturated heterocycles. The largest absolute Gasteiger partial charge is 0.514 e. The highest BCUT2D eigenvalue weighted by molar-refractivity contribution is 5.69. The summed E-state index contributed by atoms with van der Waals surface area (Å²) in [5.41, 5.74) is 4.86. The van der Waals surface area contributed by atoms with E-state index in [4.69, 9.17) is 15.9 Å². The molecule has 0 rings (SSSR count). The van der Waals surface area contributed by atoms with Gasteiger partial charge in [-0.25, -0.2) is 0 Å². The maximum absolute atomic E-state index is 9.74. The molecule has 0 radical (unpaired) electrons. The topological polar surface area (TPSA) is 83.5 Å². The Balaban J connectivity index is 3.56. The SMILES string of the molecule is NC(=CO)CC(=O)O. The average molecular weight is 117 g/mol. The van der Waals surface area contributed by atoms with Crippen molar-refractivity contribution in [2.45, 2.75) is 6.42 Å². The lowest BCUT2D eigenvalue weighted by atomic mass is 10.3. The third-order valence-corrected chi connectivity index (χ3v) is 0.521. The van der Waals surface area contributed by atoms with Crippen molar-refractivity contribution in [3.63, 3.8) is 0 Å². The molecule has 0 aromatic carbocycles. The van der Waals surface area contributed by atoms with Gasteiger partial charge in [-0.1, -0.05) is 0 Å². The smallest absolute Gasteiger partial charge is 0.309 e. The summed E-state index contributed by atoms with van der Waals surface area (Å²) in [7, 11) is 0. The molecule has 0 aliphatic carbocycles. The lowest BCUT2D eigenvalue weighted by Crippen LogP contribution is -2.04. The van der Waals surface area contributed by atoms with Gasteiger partial charge < -0.3 is 15.9 Å². The summed E-state index contributed by atoms with van der Waals surface area (Å²) in [4.78, 5) is 9.74. The predicted molar refractivity (Wildman–Crippen MR) is 27.2 cm³/mol. The van der Waals surface area contributed by atoms with Gasteiger partial charge in [-0.05, 0) is 0 Å². The van der Waals surface area contributed by atoms with E-state index in [1.54, 1.807) is 0 Å². The second-order valence-electron chi connectivity index (χ2n) is 1.27. The van der Waals surface area contributed by atoms with Crippen LogP contribution in [0.5, 0.6) is 0 Å². The van der Waals surface area contributed by atoms with Gasteiger partial charge >= 0.3 is 5.97 Å². The maximum atomic E-state index is 9.74. The minimum absolute atomic E-state index is 0.0440. The Kier molecular flexibility index (Phi) is 2.47. The molecule has 0 heterocycles. The van der Waals surface area contributed by atoms with Crippen molar-refractivity contribution in [1.82, 2.24) is 0 Å². The van der Waals surface area contributed by atoms with Crippen molar-refractivity contribution in [2.24, 2.45) is 5.73 Å². The van der Waals surface area contributed by atoms with E-state index in [-0.39, 0.29) is 12.1 Å². The van der Waals surface area contributed by atoms with Gasteiger partial charge in [0.25, 0.3) is 0 Å². The number of aliphatic hydroxyl groups excluding tert-OH is 1. The van der Waals surface area contributed by atoms with Gasteiger partial charge in [-0.15, -0.1) is 0 Å². The Labute approximate surface area is 46.2 Å². The first-order chi connectivity index (χ1) is 3.66. The van der Waals surface area contributed by atoms with Crippen LogP contribution in [0.3, 0.4) is 0 Å². The van der Waals surface area contributed by atoms with Crippen LogP contribution < -0.4 is 5.73 Å². The van der Waals surface area contributed by atoms with Crippen molar-refractivity contribution in [3.05, 3.63) is 12.0 Å². The highest BCUT2D eigenvalue weighted by Gasteiger charge is 1.96. The van der Waals surface area contributed by atoms with Gasteiger partial charge in [0.05, 0.1) is 18.4 Å². The molecule has 0 amide bonds. The first kappa shape index (κ1) is 6.81. The van der Waals surface area contributed by atoms with Crippen molar-refractivity contribution in [2.75, 3.05) is 0 Å². The highest BCUT2D eigenvalue weighted by Crippen LogP contribution is 1.87. The van der Waals surface area contributed by atoms with Gasteiger partial charge in [0.15, 0.2) is 0 Å². The fourth-order valence-electron chi connectivity index (χ4n) is 0.220. The summed E-state index contributed by atoms with van der Waals surface area (Å²) in [6.07, 6.45) is 0.268. The number of hydrogen-bond donors (Lipinski definition) is 3. The van der Waals surface area contributed by atoms with Gasteiger partial charge in [0.1, 0.15) is 0 Å². The van der Waals surface area contributed by atoms with E-state index in [0.717, 1.165) is 0 Å². The maximum Gasteiger partial charge on any atom is 0.309 e. The molecule has 4 heteroatoms. The average Bonchev–Trinajstić information content (AvgIpc) is 1.65. The summed E-state index contributed by atoms with van der Waals surface area (Å²) >= 11 is 0. The van der Waals surface area contributed by atoms with E-state index in [1.807, 2.05) is 0 Å². The molecule has 0 aromatic heterocycles. The number of carbonyl (C=O) groups is 1. The Morgan fingerprint density at radius 1 is 1.75 bits per heavy atom. The fourth-order valence-corrected chi connectivity index (χ4v) is 0.220. The molecule has 0 fully saturated rings. The van der Waals surface area contributed by atoms with E-state index in [2.05, 4.69) is 0 Å². The zero-order valence-electron chi connectivity index (χ0n) is 4.16. The highest BCUT2D eigenvalue weighted by atomic mass is 16.4. The van der Waals surface area contributed by atoms with Crippen LogP contribution in [0.25, 0.3) is 0 Å². The second-order valence-corrected chi connectivity index (χ2v) is 1.27. The molecule has 0 aliphatic heterocycles. The van der Waals surface area contributed by atoms with E-state index < -0.39 is 5.97 Å².